The van der Waals surface area contributed by atoms with Gasteiger partial charge in [0.15, 0.2) is 0 Å². The standard InChI is InChI=1S/C13H13F2N3OS/c1-19-12-8(16)6-7-11(18-12)17-9-4-2-3-5-10(9)20-13(14)15/h2-7,13H,16H2,1H3,(H,17,18). The number of hydrogen-bond acceptors (Lipinski definition) is 5. The summed E-state index contributed by atoms with van der Waals surface area (Å²) in [6.07, 6.45) is 0. The lowest BCUT2D eigenvalue weighted by atomic mass is 10.3. The van der Waals surface area contributed by atoms with Crippen molar-refractivity contribution in [1.82, 2.24) is 4.98 Å². The Morgan fingerprint density at radius 2 is 2.00 bits per heavy atom. The molecule has 0 spiro atoms. The van der Waals surface area contributed by atoms with Gasteiger partial charge in [-0.2, -0.15) is 13.8 Å². The van der Waals surface area contributed by atoms with Gasteiger partial charge in [-0.1, -0.05) is 23.9 Å². The third kappa shape index (κ3) is 3.51. The molecule has 3 N–H and O–H groups in total. The van der Waals surface area contributed by atoms with E-state index >= 15 is 0 Å². The Kier molecular flexibility index (Phi) is 4.62. The highest BCUT2D eigenvalue weighted by Crippen LogP contribution is 2.33. The van der Waals surface area contributed by atoms with E-state index in [0.717, 1.165) is 0 Å². The fraction of sp³-hybridized carbons (Fsp3) is 0.154. The number of benzene rings is 1. The fourth-order valence-corrected chi connectivity index (χ4v) is 2.19. The number of halogens is 2. The minimum absolute atomic E-state index is 0.286. The van der Waals surface area contributed by atoms with Crippen molar-refractivity contribution in [2.24, 2.45) is 0 Å². The number of anilines is 3. The lowest BCUT2D eigenvalue weighted by Gasteiger charge is -2.12. The van der Waals surface area contributed by atoms with Crippen LogP contribution < -0.4 is 15.8 Å². The number of nitrogens with two attached hydrogens (primary N) is 1. The maximum Gasteiger partial charge on any atom is 0.288 e. The number of alkyl halides is 2. The van der Waals surface area contributed by atoms with Gasteiger partial charge >= 0.3 is 0 Å². The van der Waals surface area contributed by atoms with Gasteiger partial charge in [0.25, 0.3) is 5.76 Å². The van der Waals surface area contributed by atoms with Crippen molar-refractivity contribution in [2.45, 2.75) is 10.7 Å². The van der Waals surface area contributed by atoms with Gasteiger partial charge < -0.3 is 15.8 Å². The summed E-state index contributed by atoms with van der Waals surface area (Å²) in [5.74, 6) is -1.72. The van der Waals surface area contributed by atoms with Crippen molar-refractivity contribution in [3.8, 4) is 5.88 Å². The molecule has 0 aliphatic carbocycles. The SMILES string of the molecule is COc1nc(Nc2ccccc2SC(F)F)ccc1N. The lowest BCUT2D eigenvalue weighted by molar-refractivity contribution is 0.252. The predicted octanol–water partition coefficient (Wildman–Crippen LogP) is 3.73. The van der Waals surface area contributed by atoms with E-state index in [9.17, 15) is 8.78 Å². The summed E-state index contributed by atoms with van der Waals surface area (Å²) in [6, 6.07) is 10.1. The summed E-state index contributed by atoms with van der Waals surface area (Å²) in [7, 11) is 1.46. The van der Waals surface area contributed by atoms with Crippen LogP contribution in [-0.4, -0.2) is 17.9 Å². The van der Waals surface area contributed by atoms with Crippen LogP contribution >= 0.6 is 11.8 Å². The summed E-state index contributed by atoms with van der Waals surface area (Å²) in [5, 5.41) is 2.98. The first-order chi connectivity index (χ1) is 9.60. The molecule has 0 radical (unpaired) electrons. The number of ether oxygens (including phenoxy) is 1. The number of hydrogen-bond donors (Lipinski definition) is 2. The molecule has 0 fully saturated rings. The Bertz CT molecular complexity index is 596. The Balaban J connectivity index is 2.25. The van der Waals surface area contributed by atoms with Crippen molar-refractivity contribution in [2.75, 3.05) is 18.2 Å². The average Bonchev–Trinajstić information content (AvgIpc) is 2.42. The summed E-state index contributed by atoms with van der Waals surface area (Å²) < 4.78 is 30.0. The van der Waals surface area contributed by atoms with Crippen molar-refractivity contribution in [1.29, 1.82) is 0 Å². The molecule has 1 aromatic heterocycles. The van der Waals surface area contributed by atoms with E-state index in [1.54, 1.807) is 36.4 Å². The summed E-state index contributed by atoms with van der Waals surface area (Å²) in [5.41, 5.74) is 6.63. The maximum atomic E-state index is 12.5. The Morgan fingerprint density at radius 1 is 1.25 bits per heavy atom. The number of methoxy groups -OCH3 is 1. The van der Waals surface area contributed by atoms with Gasteiger partial charge in [0.1, 0.15) is 5.82 Å². The second-order valence-corrected chi connectivity index (χ2v) is 4.83. The molecule has 0 aliphatic heterocycles. The molecular weight excluding hydrogens is 284 g/mol. The zero-order chi connectivity index (χ0) is 14.5. The van der Waals surface area contributed by atoms with Crippen LogP contribution in [0.2, 0.25) is 0 Å². The van der Waals surface area contributed by atoms with Crippen LogP contribution in [0.4, 0.5) is 26.0 Å². The molecule has 106 valence electrons. The highest BCUT2D eigenvalue weighted by atomic mass is 32.2. The van der Waals surface area contributed by atoms with E-state index < -0.39 is 5.76 Å². The predicted molar refractivity (Wildman–Crippen MR) is 76.8 cm³/mol. The molecule has 7 heteroatoms. The molecule has 2 rings (SSSR count). The molecule has 0 aliphatic rings. The number of nitrogens with one attached hydrogen (secondary N) is 1. The van der Waals surface area contributed by atoms with E-state index in [4.69, 9.17) is 10.5 Å². The molecule has 0 unspecified atom stereocenters. The Morgan fingerprint density at radius 3 is 2.70 bits per heavy atom. The molecule has 0 saturated carbocycles. The van der Waals surface area contributed by atoms with E-state index in [1.165, 1.54) is 7.11 Å². The summed E-state index contributed by atoms with van der Waals surface area (Å²) >= 11 is 0.478. The molecule has 1 heterocycles. The number of nitrogens with zero attached hydrogens (tertiary/aromatic N) is 1. The Hall–Kier alpha value is -2.02. The van der Waals surface area contributed by atoms with Gasteiger partial charge in [0.05, 0.1) is 18.5 Å². The zero-order valence-corrected chi connectivity index (χ0v) is 11.5. The number of nitrogen functional groups attached to an aromatic ring is 1. The van der Waals surface area contributed by atoms with Crippen molar-refractivity contribution in [3.05, 3.63) is 36.4 Å². The monoisotopic (exact) mass is 297 g/mol. The van der Waals surface area contributed by atoms with Crippen LogP contribution in [0.25, 0.3) is 0 Å². The number of thioether (sulfide) groups is 1. The number of rotatable bonds is 5. The molecule has 1 aromatic carbocycles. The molecule has 0 atom stereocenters. The van der Waals surface area contributed by atoms with Crippen LogP contribution in [0.3, 0.4) is 0 Å². The van der Waals surface area contributed by atoms with Crippen molar-refractivity contribution < 1.29 is 13.5 Å². The summed E-state index contributed by atoms with van der Waals surface area (Å²) in [4.78, 5) is 4.60. The van der Waals surface area contributed by atoms with Gasteiger partial charge in [0.2, 0.25) is 5.88 Å². The van der Waals surface area contributed by atoms with Gasteiger partial charge in [-0.05, 0) is 24.3 Å². The van der Waals surface area contributed by atoms with Gasteiger partial charge in [-0.25, -0.2) is 0 Å². The smallest absolute Gasteiger partial charge is 0.288 e. The second kappa shape index (κ2) is 6.42. The fourth-order valence-electron chi connectivity index (χ4n) is 1.59. The van der Waals surface area contributed by atoms with Crippen LogP contribution in [0.1, 0.15) is 0 Å². The van der Waals surface area contributed by atoms with E-state index in [-0.39, 0.29) is 5.88 Å². The quantitative estimate of drug-likeness (QED) is 0.823. The van der Waals surface area contributed by atoms with Crippen LogP contribution in [0.15, 0.2) is 41.3 Å². The molecule has 4 nitrogen and oxygen atoms in total. The van der Waals surface area contributed by atoms with Gasteiger partial charge in [-0.3, -0.25) is 0 Å². The summed E-state index contributed by atoms with van der Waals surface area (Å²) in [6.45, 7) is 0. The minimum Gasteiger partial charge on any atom is -0.479 e. The largest absolute Gasteiger partial charge is 0.479 e. The van der Waals surface area contributed by atoms with Crippen molar-refractivity contribution in [3.63, 3.8) is 0 Å². The van der Waals surface area contributed by atoms with E-state index in [0.29, 0.717) is 33.9 Å². The maximum absolute atomic E-state index is 12.5. The van der Waals surface area contributed by atoms with Gasteiger partial charge in [-0.15, -0.1) is 0 Å². The van der Waals surface area contributed by atoms with Gasteiger partial charge in [0, 0.05) is 4.90 Å². The topological polar surface area (TPSA) is 60.2 Å². The second-order valence-electron chi connectivity index (χ2n) is 3.79. The first-order valence-corrected chi connectivity index (χ1v) is 6.59. The molecule has 0 saturated heterocycles. The highest BCUT2D eigenvalue weighted by Gasteiger charge is 2.10. The normalized spacial score (nSPS) is 10.6. The number of aromatic nitrogens is 1. The molecule has 20 heavy (non-hydrogen) atoms. The first-order valence-electron chi connectivity index (χ1n) is 5.71. The Labute approximate surface area is 119 Å². The molecular formula is C13H13F2N3OS. The average molecular weight is 297 g/mol. The van der Waals surface area contributed by atoms with Crippen LogP contribution in [0.5, 0.6) is 5.88 Å². The van der Waals surface area contributed by atoms with Crippen LogP contribution in [0, 0.1) is 0 Å². The molecule has 0 amide bonds. The number of pyridine rings is 1. The lowest BCUT2D eigenvalue weighted by Crippen LogP contribution is -2.00. The number of para-hydroxylation sites is 1. The van der Waals surface area contributed by atoms with Crippen molar-refractivity contribution >= 4 is 29.0 Å². The molecule has 2 aromatic rings. The molecule has 0 bridgehead atoms. The van der Waals surface area contributed by atoms with Crippen LogP contribution in [-0.2, 0) is 0 Å². The first kappa shape index (κ1) is 14.4. The third-order valence-electron chi connectivity index (χ3n) is 2.45. The third-order valence-corrected chi connectivity index (χ3v) is 3.24. The minimum atomic E-state index is -2.48. The highest BCUT2D eigenvalue weighted by molar-refractivity contribution is 7.99. The zero-order valence-electron chi connectivity index (χ0n) is 10.6. The van der Waals surface area contributed by atoms with E-state index in [2.05, 4.69) is 10.3 Å². The van der Waals surface area contributed by atoms with E-state index in [1.807, 2.05) is 0 Å².